The first kappa shape index (κ1) is 35.5. The summed E-state index contributed by atoms with van der Waals surface area (Å²) in [4.78, 5) is 17.7. The summed E-state index contributed by atoms with van der Waals surface area (Å²) in [5.41, 5.74) is 15.2. The van der Waals surface area contributed by atoms with Crippen LogP contribution >= 0.6 is 0 Å². The Morgan fingerprint density at radius 2 is 0.887 bits per heavy atom. The maximum Gasteiger partial charge on any atom is 0.0973 e. The maximum absolute atomic E-state index is 5.26. The Balaban J connectivity index is 0.954. The van der Waals surface area contributed by atoms with E-state index in [9.17, 15) is 0 Å². The second-order valence-electron chi connectivity index (χ2n) is 15.7. The predicted octanol–water partition coefficient (Wildman–Crippen LogP) is 14.9. The molecule has 290 valence electrons. The third-order valence-corrected chi connectivity index (χ3v) is 12.0. The molecule has 0 aliphatic heterocycles. The average molecular weight is 792 g/mol. The molecule has 0 unspecified atom stereocenters. The largest absolute Gasteiger partial charge is 0.309 e. The first-order valence-corrected chi connectivity index (χ1v) is 20.9. The highest BCUT2D eigenvalue weighted by Crippen LogP contribution is 2.41. The van der Waals surface area contributed by atoms with Crippen molar-refractivity contribution in [3.63, 3.8) is 0 Å². The molecule has 3 aromatic heterocycles. The van der Waals surface area contributed by atoms with Crippen molar-refractivity contribution in [1.29, 1.82) is 0 Å². The van der Waals surface area contributed by atoms with Gasteiger partial charge in [-0.3, -0.25) is 4.98 Å². The zero-order valence-corrected chi connectivity index (χ0v) is 33.6. The minimum atomic E-state index is 0.836. The molecular weight excluding hydrogens is 755 g/mol. The molecule has 0 N–H and O–H groups in total. The fourth-order valence-electron chi connectivity index (χ4n) is 9.01. The van der Waals surface area contributed by atoms with Crippen molar-refractivity contribution in [2.75, 3.05) is 4.90 Å². The van der Waals surface area contributed by atoms with Gasteiger partial charge in [0.15, 0.2) is 0 Å². The number of hydrogen-bond donors (Lipinski definition) is 0. The molecule has 0 radical (unpaired) electrons. The van der Waals surface area contributed by atoms with Crippen molar-refractivity contribution in [3.05, 3.63) is 225 Å². The quantitative estimate of drug-likeness (QED) is 0.161. The van der Waals surface area contributed by atoms with Crippen molar-refractivity contribution in [3.8, 4) is 39.3 Å². The van der Waals surface area contributed by atoms with E-state index in [2.05, 4.69) is 198 Å². The standard InChI is InChI=1S/C57H37N5/c1-2-12-43-37-44(27-24-38(43)11-1)39-22-25-41(26-23-39)56-57(60-51-18-6-5-17-50(51)59-56)42-28-30-45(31-29-42)61(54-21-9-13-40-14-10-36-58-55(40)54)46-32-34-47(35-33-46)62-52-19-7-3-15-48(52)49-16-4-8-20-53(49)62/h1-37H. The van der Waals surface area contributed by atoms with Gasteiger partial charge in [0.2, 0.25) is 0 Å². The van der Waals surface area contributed by atoms with Gasteiger partial charge in [0.25, 0.3) is 0 Å². The lowest BCUT2D eigenvalue weighted by molar-refractivity contribution is 1.17. The highest BCUT2D eigenvalue weighted by molar-refractivity contribution is 6.09. The molecule has 0 aliphatic carbocycles. The van der Waals surface area contributed by atoms with Crippen molar-refractivity contribution < 1.29 is 0 Å². The van der Waals surface area contributed by atoms with Crippen LogP contribution in [-0.2, 0) is 0 Å². The minimum Gasteiger partial charge on any atom is -0.309 e. The highest BCUT2D eigenvalue weighted by Gasteiger charge is 2.19. The lowest BCUT2D eigenvalue weighted by Gasteiger charge is -2.27. The van der Waals surface area contributed by atoms with Crippen LogP contribution in [0.2, 0.25) is 0 Å². The van der Waals surface area contributed by atoms with E-state index in [0.717, 1.165) is 72.8 Å². The highest BCUT2D eigenvalue weighted by atomic mass is 15.1. The number of nitrogens with zero attached hydrogens (tertiary/aromatic N) is 5. The molecule has 12 aromatic rings. The molecule has 5 heteroatoms. The lowest BCUT2D eigenvalue weighted by Crippen LogP contribution is -2.11. The predicted molar refractivity (Wildman–Crippen MR) is 258 cm³/mol. The Morgan fingerprint density at radius 3 is 1.56 bits per heavy atom. The molecule has 12 rings (SSSR count). The molecule has 62 heavy (non-hydrogen) atoms. The normalized spacial score (nSPS) is 11.5. The molecule has 0 amide bonds. The number of hydrogen-bond acceptors (Lipinski definition) is 4. The molecule has 0 spiro atoms. The number of rotatable bonds is 7. The van der Waals surface area contributed by atoms with Gasteiger partial charge < -0.3 is 9.47 Å². The van der Waals surface area contributed by atoms with Crippen LogP contribution in [0.15, 0.2) is 225 Å². The Kier molecular flexibility index (Phi) is 8.42. The summed E-state index contributed by atoms with van der Waals surface area (Å²) < 4.78 is 2.35. The van der Waals surface area contributed by atoms with Crippen molar-refractivity contribution in [2.45, 2.75) is 0 Å². The first-order chi connectivity index (χ1) is 30.7. The topological polar surface area (TPSA) is 46.8 Å². The van der Waals surface area contributed by atoms with Gasteiger partial charge in [0.05, 0.1) is 44.7 Å². The van der Waals surface area contributed by atoms with Gasteiger partial charge >= 0.3 is 0 Å². The lowest BCUT2D eigenvalue weighted by atomic mass is 9.98. The fourth-order valence-corrected chi connectivity index (χ4v) is 9.01. The summed E-state index contributed by atoms with van der Waals surface area (Å²) in [6.07, 6.45) is 1.87. The van der Waals surface area contributed by atoms with E-state index in [1.807, 2.05) is 36.5 Å². The van der Waals surface area contributed by atoms with Gasteiger partial charge in [0, 0.05) is 50.5 Å². The van der Waals surface area contributed by atoms with Crippen LogP contribution < -0.4 is 4.90 Å². The second kappa shape index (κ2) is 14.7. The zero-order chi connectivity index (χ0) is 41.0. The number of aromatic nitrogens is 4. The zero-order valence-electron chi connectivity index (χ0n) is 33.6. The van der Waals surface area contributed by atoms with Gasteiger partial charge in [0.1, 0.15) is 0 Å². The van der Waals surface area contributed by atoms with Crippen LogP contribution in [0.25, 0.3) is 93.8 Å². The summed E-state index contributed by atoms with van der Waals surface area (Å²) in [5.74, 6) is 0. The van der Waals surface area contributed by atoms with Crippen molar-refractivity contribution in [1.82, 2.24) is 19.5 Å². The summed E-state index contributed by atoms with van der Waals surface area (Å²) in [6, 6.07) is 77.2. The number of fused-ring (bicyclic) bond motifs is 6. The van der Waals surface area contributed by atoms with E-state index in [-0.39, 0.29) is 0 Å². The minimum absolute atomic E-state index is 0.836. The Hall–Kier alpha value is -8.41. The third kappa shape index (κ3) is 6.06. The number of pyridine rings is 1. The van der Waals surface area contributed by atoms with Crippen LogP contribution in [-0.4, -0.2) is 19.5 Å². The molecule has 0 saturated heterocycles. The molecule has 0 saturated carbocycles. The first-order valence-electron chi connectivity index (χ1n) is 20.9. The molecule has 0 fully saturated rings. The van der Waals surface area contributed by atoms with E-state index >= 15 is 0 Å². The van der Waals surface area contributed by atoms with Crippen molar-refractivity contribution in [2.24, 2.45) is 0 Å². The number of anilines is 3. The fraction of sp³-hybridized carbons (Fsp3) is 0. The van der Waals surface area contributed by atoms with Crippen molar-refractivity contribution >= 4 is 71.6 Å². The van der Waals surface area contributed by atoms with Gasteiger partial charge in [-0.25, -0.2) is 9.97 Å². The Labute approximate surface area is 358 Å². The molecule has 9 aromatic carbocycles. The van der Waals surface area contributed by atoms with Gasteiger partial charge in [-0.15, -0.1) is 0 Å². The van der Waals surface area contributed by atoms with Gasteiger partial charge in [-0.1, -0.05) is 140 Å². The smallest absolute Gasteiger partial charge is 0.0973 e. The molecule has 3 heterocycles. The van der Waals surface area contributed by atoms with Crippen LogP contribution in [0.1, 0.15) is 0 Å². The van der Waals surface area contributed by atoms with Crippen LogP contribution in [0.4, 0.5) is 17.1 Å². The van der Waals surface area contributed by atoms with Gasteiger partial charge in [-0.05, 0) is 101 Å². The SMILES string of the molecule is c1ccc2cc(-c3ccc(-c4nc5ccccc5nc4-c4ccc(N(c5ccc(-n6c7ccccc7c7ccccc76)cc5)c5cccc6cccnc56)cc4)cc3)ccc2c1. The molecule has 0 bridgehead atoms. The summed E-state index contributed by atoms with van der Waals surface area (Å²) >= 11 is 0. The van der Waals surface area contributed by atoms with Crippen LogP contribution in [0.5, 0.6) is 0 Å². The molecule has 0 aliphatic rings. The average Bonchev–Trinajstić information content (AvgIpc) is 3.68. The molecule has 0 atom stereocenters. The summed E-state index contributed by atoms with van der Waals surface area (Å²) in [5, 5.41) is 6.03. The maximum atomic E-state index is 5.26. The van der Waals surface area contributed by atoms with E-state index in [0.29, 0.717) is 0 Å². The van der Waals surface area contributed by atoms with E-state index in [1.165, 1.54) is 38.1 Å². The molecular formula is C57H37N5. The van der Waals surface area contributed by atoms with Gasteiger partial charge in [-0.2, -0.15) is 0 Å². The summed E-state index contributed by atoms with van der Waals surface area (Å²) in [6.45, 7) is 0. The monoisotopic (exact) mass is 791 g/mol. The Morgan fingerprint density at radius 1 is 0.371 bits per heavy atom. The van der Waals surface area contributed by atoms with E-state index in [1.54, 1.807) is 0 Å². The van der Waals surface area contributed by atoms with E-state index < -0.39 is 0 Å². The third-order valence-electron chi connectivity index (χ3n) is 12.0. The Bertz CT molecular complexity index is 3570. The number of benzene rings is 9. The second-order valence-corrected chi connectivity index (χ2v) is 15.7. The summed E-state index contributed by atoms with van der Waals surface area (Å²) in [7, 11) is 0. The molecule has 5 nitrogen and oxygen atoms in total. The number of para-hydroxylation sites is 5. The van der Waals surface area contributed by atoms with E-state index in [4.69, 9.17) is 15.0 Å². The van der Waals surface area contributed by atoms with Crippen LogP contribution in [0.3, 0.4) is 0 Å². The van der Waals surface area contributed by atoms with Crippen LogP contribution in [0, 0.1) is 0 Å².